The monoisotopic (exact) mass is 261 g/mol. The first-order valence-electron chi connectivity index (χ1n) is 6.94. The van der Waals surface area contributed by atoms with E-state index in [0.29, 0.717) is 11.6 Å². The summed E-state index contributed by atoms with van der Waals surface area (Å²) >= 11 is 0. The molecule has 1 unspecified atom stereocenters. The molecule has 1 aromatic carbocycles. The molecule has 0 aromatic heterocycles. The number of benzene rings is 1. The first kappa shape index (κ1) is 13.9. The molecule has 1 aromatic rings. The highest BCUT2D eigenvalue weighted by Crippen LogP contribution is 2.19. The van der Waals surface area contributed by atoms with Gasteiger partial charge < -0.3 is 15.4 Å². The maximum absolute atomic E-state index is 7.41. The summed E-state index contributed by atoms with van der Waals surface area (Å²) in [4.78, 5) is 2.43. The molecule has 0 spiro atoms. The van der Waals surface area contributed by atoms with Crippen LogP contribution in [0.3, 0.4) is 0 Å². The van der Waals surface area contributed by atoms with E-state index in [-0.39, 0.29) is 5.84 Å². The lowest BCUT2D eigenvalue weighted by Gasteiger charge is -2.32. The van der Waals surface area contributed by atoms with Crippen molar-refractivity contribution in [1.82, 2.24) is 4.90 Å². The molecule has 104 valence electrons. The fraction of sp³-hybridized carbons (Fsp3) is 0.533. The number of hydrogen-bond acceptors (Lipinski definition) is 3. The Morgan fingerprint density at radius 1 is 1.47 bits per heavy atom. The van der Waals surface area contributed by atoms with E-state index in [1.165, 1.54) is 25.8 Å². The van der Waals surface area contributed by atoms with Crippen LogP contribution in [0.1, 0.15) is 31.2 Å². The van der Waals surface area contributed by atoms with E-state index < -0.39 is 0 Å². The maximum Gasteiger partial charge on any atom is 0.122 e. The number of likely N-dealkylation sites (tertiary alicyclic amines) is 1. The third-order valence-corrected chi connectivity index (χ3v) is 3.79. The average Bonchev–Trinajstić information content (AvgIpc) is 2.41. The molecule has 1 aliphatic heterocycles. The average molecular weight is 261 g/mol. The van der Waals surface area contributed by atoms with Crippen molar-refractivity contribution in [2.75, 3.05) is 20.2 Å². The van der Waals surface area contributed by atoms with Gasteiger partial charge in [-0.3, -0.25) is 5.41 Å². The molecule has 1 heterocycles. The number of piperidine rings is 1. The van der Waals surface area contributed by atoms with Gasteiger partial charge >= 0.3 is 0 Å². The number of hydrogen-bond donors (Lipinski definition) is 2. The third-order valence-electron chi connectivity index (χ3n) is 3.79. The number of amidine groups is 1. The molecule has 0 bridgehead atoms. The number of nitrogens with zero attached hydrogens (tertiary/aromatic N) is 1. The van der Waals surface area contributed by atoms with Crippen LogP contribution in [0.25, 0.3) is 0 Å². The highest BCUT2D eigenvalue weighted by atomic mass is 16.5. The Hall–Kier alpha value is -1.55. The van der Waals surface area contributed by atoms with Crippen LogP contribution in [-0.4, -0.2) is 37.0 Å². The fourth-order valence-electron chi connectivity index (χ4n) is 2.58. The Bertz CT molecular complexity index is 433. The molecule has 1 aliphatic rings. The van der Waals surface area contributed by atoms with E-state index in [1.54, 1.807) is 0 Å². The van der Waals surface area contributed by atoms with Crippen molar-refractivity contribution in [2.24, 2.45) is 5.73 Å². The van der Waals surface area contributed by atoms with Gasteiger partial charge in [0.25, 0.3) is 0 Å². The highest BCUT2D eigenvalue weighted by Gasteiger charge is 2.18. The van der Waals surface area contributed by atoms with Crippen LogP contribution in [0.2, 0.25) is 0 Å². The van der Waals surface area contributed by atoms with Gasteiger partial charge in [0.2, 0.25) is 0 Å². The zero-order valence-electron chi connectivity index (χ0n) is 11.6. The second-order valence-corrected chi connectivity index (χ2v) is 5.21. The summed E-state index contributed by atoms with van der Waals surface area (Å²) in [5.41, 5.74) is 6.18. The lowest BCUT2D eigenvalue weighted by Crippen LogP contribution is -2.37. The van der Waals surface area contributed by atoms with Crippen LogP contribution >= 0.6 is 0 Å². The van der Waals surface area contributed by atoms with Gasteiger partial charge in [-0.05, 0) is 45.0 Å². The number of rotatable bonds is 5. The molecule has 1 saturated heterocycles. The molecule has 3 N–H and O–H groups in total. The summed E-state index contributed by atoms with van der Waals surface area (Å²) in [7, 11) is 2.19. The standard InChI is InChI=1S/C15H23N3O/c1-18-9-3-2-6-13(18)8-10-19-14-7-4-5-12(11-14)15(16)17/h4-5,7,11,13H,2-3,6,8-10H2,1H3,(H3,16,17). The van der Waals surface area contributed by atoms with Crippen molar-refractivity contribution in [3.8, 4) is 5.75 Å². The van der Waals surface area contributed by atoms with Crippen LogP contribution in [-0.2, 0) is 0 Å². The van der Waals surface area contributed by atoms with E-state index in [4.69, 9.17) is 15.9 Å². The minimum absolute atomic E-state index is 0.0810. The van der Waals surface area contributed by atoms with Gasteiger partial charge in [0.1, 0.15) is 11.6 Å². The SMILES string of the molecule is CN1CCCCC1CCOc1cccc(C(=N)N)c1. The lowest BCUT2D eigenvalue weighted by atomic mass is 10.0. The summed E-state index contributed by atoms with van der Waals surface area (Å²) in [6, 6.07) is 8.08. The Morgan fingerprint density at radius 2 is 2.32 bits per heavy atom. The van der Waals surface area contributed by atoms with Crippen LogP contribution < -0.4 is 10.5 Å². The van der Waals surface area contributed by atoms with E-state index in [0.717, 1.165) is 18.8 Å². The smallest absolute Gasteiger partial charge is 0.122 e. The highest BCUT2D eigenvalue weighted by molar-refractivity contribution is 5.95. The van der Waals surface area contributed by atoms with E-state index in [1.807, 2.05) is 24.3 Å². The zero-order chi connectivity index (χ0) is 13.7. The van der Waals surface area contributed by atoms with Gasteiger partial charge in [-0.2, -0.15) is 0 Å². The van der Waals surface area contributed by atoms with Crippen LogP contribution in [0, 0.1) is 5.41 Å². The van der Waals surface area contributed by atoms with Crippen LogP contribution in [0.4, 0.5) is 0 Å². The minimum Gasteiger partial charge on any atom is -0.494 e. The molecule has 0 saturated carbocycles. The molecule has 0 amide bonds. The van der Waals surface area contributed by atoms with E-state index in [2.05, 4.69) is 11.9 Å². The number of nitrogens with one attached hydrogen (secondary N) is 1. The normalized spacial score (nSPS) is 20.2. The van der Waals surface area contributed by atoms with Gasteiger partial charge in [0.15, 0.2) is 0 Å². The maximum atomic E-state index is 7.41. The van der Waals surface area contributed by atoms with Crippen LogP contribution in [0.5, 0.6) is 5.75 Å². The number of nitrogen functional groups attached to an aromatic ring is 1. The summed E-state index contributed by atoms with van der Waals surface area (Å²) in [5.74, 6) is 0.878. The quantitative estimate of drug-likeness (QED) is 0.631. The predicted molar refractivity (Wildman–Crippen MR) is 77.8 cm³/mol. The largest absolute Gasteiger partial charge is 0.494 e. The van der Waals surface area contributed by atoms with E-state index >= 15 is 0 Å². The molecule has 4 nitrogen and oxygen atoms in total. The Morgan fingerprint density at radius 3 is 3.05 bits per heavy atom. The van der Waals surface area contributed by atoms with E-state index in [9.17, 15) is 0 Å². The van der Waals surface area contributed by atoms with Gasteiger partial charge in [0.05, 0.1) is 6.61 Å². The first-order chi connectivity index (χ1) is 9.16. The molecule has 2 rings (SSSR count). The molecule has 1 atom stereocenters. The fourth-order valence-corrected chi connectivity index (χ4v) is 2.58. The molecular formula is C15H23N3O. The van der Waals surface area contributed by atoms with Crippen molar-refractivity contribution >= 4 is 5.84 Å². The molecular weight excluding hydrogens is 238 g/mol. The predicted octanol–water partition coefficient (Wildman–Crippen LogP) is 2.22. The van der Waals surface area contributed by atoms with Gasteiger partial charge in [-0.15, -0.1) is 0 Å². The van der Waals surface area contributed by atoms with Crippen molar-refractivity contribution in [1.29, 1.82) is 5.41 Å². The van der Waals surface area contributed by atoms with Crippen molar-refractivity contribution in [3.63, 3.8) is 0 Å². The minimum atomic E-state index is 0.0810. The van der Waals surface area contributed by atoms with Crippen molar-refractivity contribution in [3.05, 3.63) is 29.8 Å². The number of nitrogens with two attached hydrogens (primary N) is 1. The number of ether oxygens (including phenoxy) is 1. The summed E-state index contributed by atoms with van der Waals surface area (Å²) in [6.07, 6.45) is 4.97. The molecule has 4 heteroatoms. The summed E-state index contributed by atoms with van der Waals surface area (Å²) < 4.78 is 5.77. The van der Waals surface area contributed by atoms with Gasteiger partial charge in [-0.1, -0.05) is 18.6 Å². The second-order valence-electron chi connectivity index (χ2n) is 5.21. The summed E-state index contributed by atoms with van der Waals surface area (Å²) in [5, 5.41) is 7.41. The molecule has 19 heavy (non-hydrogen) atoms. The van der Waals surface area contributed by atoms with Gasteiger partial charge in [0, 0.05) is 11.6 Å². The summed E-state index contributed by atoms with van der Waals surface area (Å²) in [6.45, 7) is 1.92. The van der Waals surface area contributed by atoms with Crippen molar-refractivity contribution in [2.45, 2.75) is 31.7 Å². The van der Waals surface area contributed by atoms with Gasteiger partial charge in [-0.25, -0.2) is 0 Å². The molecule has 1 fully saturated rings. The Labute approximate surface area is 115 Å². The van der Waals surface area contributed by atoms with Crippen LogP contribution in [0.15, 0.2) is 24.3 Å². The third kappa shape index (κ3) is 3.96. The first-order valence-corrected chi connectivity index (χ1v) is 6.94. The Kier molecular flexibility index (Phi) is 4.80. The topological polar surface area (TPSA) is 62.3 Å². The zero-order valence-corrected chi connectivity index (χ0v) is 11.6. The molecule has 0 aliphatic carbocycles. The second kappa shape index (κ2) is 6.57. The lowest BCUT2D eigenvalue weighted by molar-refractivity contribution is 0.153. The molecule has 0 radical (unpaired) electrons. The Balaban J connectivity index is 1.82. The van der Waals surface area contributed by atoms with Crippen molar-refractivity contribution < 1.29 is 4.74 Å².